The average Bonchev–Trinajstić information content (AvgIpc) is 3.09. The van der Waals surface area contributed by atoms with Gasteiger partial charge in [-0.3, -0.25) is 0 Å². The summed E-state index contributed by atoms with van der Waals surface area (Å²) in [5, 5.41) is 11.2. The number of benzene rings is 1. The smallest absolute Gasteiger partial charge is 0.404 e. The molecule has 1 aliphatic rings. The quantitative estimate of drug-likeness (QED) is 0.607. The number of nitrogens with one attached hydrogen (secondary N) is 1. The first-order valence-corrected chi connectivity index (χ1v) is 6.03. The van der Waals surface area contributed by atoms with Gasteiger partial charge in [0.05, 0.1) is 12.6 Å². The Bertz CT molecular complexity index is 354. The fraction of sp³-hybridized carbons (Fsp3) is 0.364. The molecule has 0 bridgehead atoms. The fourth-order valence-electron chi connectivity index (χ4n) is 1.39. The minimum atomic E-state index is -0.992. The summed E-state index contributed by atoms with van der Waals surface area (Å²) < 4.78 is 5.12. The number of ether oxygens (including phenoxy) is 1. The molecule has 0 radical (unpaired) electrons. The van der Waals surface area contributed by atoms with Crippen LogP contribution in [0, 0.1) is 0 Å². The van der Waals surface area contributed by atoms with E-state index in [-0.39, 0.29) is 12.1 Å². The summed E-state index contributed by atoms with van der Waals surface area (Å²) >= 11 is 1.63. The molecule has 0 aromatic heterocycles. The van der Waals surface area contributed by atoms with Gasteiger partial charge < -0.3 is 15.2 Å². The molecule has 2 N–H and O–H groups in total. The van der Waals surface area contributed by atoms with Gasteiger partial charge in [-0.2, -0.15) is 0 Å². The first kappa shape index (κ1) is 11.3. The molecule has 2 rings (SSSR count). The highest BCUT2D eigenvalue weighted by Crippen LogP contribution is 2.23. The largest absolute Gasteiger partial charge is 0.465 e. The SMILES string of the molecule is O=C(O)N[C@@H](CSc1ccccc1)C1CO1. The highest BCUT2D eigenvalue weighted by molar-refractivity contribution is 7.99. The van der Waals surface area contributed by atoms with E-state index in [1.54, 1.807) is 11.8 Å². The summed E-state index contributed by atoms with van der Waals surface area (Å²) in [4.78, 5) is 11.7. The number of thioether (sulfide) groups is 1. The Labute approximate surface area is 98.0 Å². The highest BCUT2D eigenvalue weighted by atomic mass is 32.2. The van der Waals surface area contributed by atoms with Gasteiger partial charge in [0, 0.05) is 10.6 Å². The van der Waals surface area contributed by atoms with Gasteiger partial charge in [-0.05, 0) is 12.1 Å². The van der Waals surface area contributed by atoms with Crippen LogP contribution in [0.3, 0.4) is 0 Å². The Morgan fingerprint density at radius 1 is 1.56 bits per heavy atom. The fourth-order valence-corrected chi connectivity index (χ4v) is 2.41. The van der Waals surface area contributed by atoms with Crippen LogP contribution in [0.5, 0.6) is 0 Å². The van der Waals surface area contributed by atoms with Crippen molar-refractivity contribution in [2.45, 2.75) is 17.0 Å². The summed E-state index contributed by atoms with van der Waals surface area (Å²) in [5.74, 6) is 0.695. The maximum absolute atomic E-state index is 10.6. The normalized spacial score (nSPS) is 20.1. The van der Waals surface area contributed by atoms with Crippen LogP contribution in [0.25, 0.3) is 0 Å². The molecule has 1 aliphatic heterocycles. The molecule has 0 spiro atoms. The van der Waals surface area contributed by atoms with Crippen LogP contribution in [-0.2, 0) is 4.74 Å². The van der Waals surface area contributed by atoms with Crippen molar-refractivity contribution in [3.8, 4) is 0 Å². The zero-order chi connectivity index (χ0) is 11.4. The maximum Gasteiger partial charge on any atom is 0.404 e. The summed E-state index contributed by atoms with van der Waals surface area (Å²) in [6.45, 7) is 0.653. The molecular weight excluding hydrogens is 226 g/mol. The predicted octanol–water partition coefficient (Wildman–Crippen LogP) is 1.81. The number of epoxide rings is 1. The molecule has 1 saturated heterocycles. The van der Waals surface area contributed by atoms with Crippen LogP contribution in [-0.4, -0.2) is 35.7 Å². The molecular formula is C11H13NO3S. The van der Waals surface area contributed by atoms with E-state index in [4.69, 9.17) is 9.84 Å². The van der Waals surface area contributed by atoms with Gasteiger partial charge in [0.1, 0.15) is 6.10 Å². The third-order valence-corrected chi connectivity index (χ3v) is 3.42. The number of carbonyl (C=O) groups is 1. The Balaban J connectivity index is 1.84. The Morgan fingerprint density at radius 2 is 2.25 bits per heavy atom. The zero-order valence-corrected chi connectivity index (χ0v) is 9.44. The van der Waals surface area contributed by atoms with Crippen LogP contribution < -0.4 is 5.32 Å². The van der Waals surface area contributed by atoms with Gasteiger partial charge in [0.25, 0.3) is 0 Å². The Hall–Kier alpha value is -1.20. The molecule has 86 valence electrons. The van der Waals surface area contributed by atoms with Crippen molar-refractivity contribution < 1.29 is 14.6 Å². The number of amides is 1. The standard InChI is InChI=1S/C11H13NO3S/c13-11(14)12-9(10-6-15-10)7-16-8-4-2-1-3-5-8/h1-5,9-10,12H,6-7H2,(H,13,14)/t9-,10?/m0/s1. The number of rotatable bonds is 5. The van der Waals surface area contributed by atoms with Crippen molar-refractivity contribution in [1.82, 2.24) is 5.32 Å². The van der Waals surface area contributed by atoms with Gasteiger partial charge in [0.15, 0.2) is 0 Å². The second-order valence-electron chi connectivity index (χ2n) is 3.55. The minimum Gasteiger partial charge on any atom is -0.465 e. The van der Waals surface area contributed by atoms with Gasteiger partial charge in [-0.1, -0.05) is 18.2 Å². The van der Waals surface area contributed by atoms with E-state index in [9.17, 15) is 4.79 Å². The first-order valence-electron chi connectivity index (χ1n) is 5.04. The van der Waals surface area contributed by atoms with E-state index in [1.807, 2.05) is 30.3 Å². The van der Waals surface area contributed by atoms with Gasteiger partial charge in [0.2, 0.25) is 0 Å². The van der Waals surface area contributed by atoms with Crippen LogP contribution in [0.1, 0.15) is 0 Å². The lowest BCUT2D eigenvalue weighted by Gasteiger charge is -2.13. The summed E-state index contributed by atoms with van der Waals surface area (Å²) in [6.07, 6.45) is -0.943. The Kier molecular flexibility index (Phi) is 3.69. The lowest BCUT2D eigenvalue weighted by molar-refractivity contribution is 0.188. The van der Waals surface area contributed by atoms with Crippen molar-refractivity contribution >= 4 is 17.9 Å². The van der Waals surface area contributed by atoms with E-state index in [2.05, 4.69) is 5.32 Å². The Morgan fingerprint density at radius 3 is 2.81 bits per heavy atom. The molecule has 1 amide bonds. The average molecular weight is 239 g/mol. The molecule has 0 aliphatic carbocycles. The molecule has 0 saturated carbocycles. The monoisotopic (exact) mass is 239 g/mol. The predicted molar refractivity (Wildman–Crippen MR) is 61.9 cm³/mol. The second-order valence-corrected chi connectivity index (χ2v) is 4.65. The topological polar surface area (TPSA) is 61.9 Å². The third-order valence-electron chi connectivity index (χ3n) is 2.29. The number of hydrogen-bond donors (Lipinski definition) is 2. The maximum atomic E-state index is 10.6. The lowest BCUT2D eigenvalue weighted by atomic mass is 10.2. The van der Waals surface area contributed by atoms with Crippen molar-refractivity contribution in [2.75, 3.05) is 12.4 Å². The molecule has 5 heteroatoms. The molecule has 16 heavy (non-hydrogen) atoms. The summed E-state index contributed by atoms with van der Waals surface area (Å²) in [5.41, 5.74) is 0. The minimum absolute atomic E-state index is 0.0484. The zero-order valence-electron chi connectivity index (χ0n) is 8.63. The number of hydrogen-bond acceptors (Lipinski definition) is 3. The lowest BCUT2D eigenvalue weighted by Crippen LogP contribution is -2.39. The van der Waals surface area contributed by atoms with Crippen LogP contribution >= 0.6 is 11.8 Å². The molecule has 1 heterocycles. The van der Waals surface area contributed by atoms with Crippen molar-refractivity contribution in [2.24, 2.45) is 0 Å². The number of carboxylic acid groups (broad SMARTS) is 1. The third kappa shape index (κ3) is 3.43. The molecule has 4 nitrogen and oxygen atoms in total. The van der Waals surface area contributed by atoms with E-state index < -0.39 is 6.09 Å². The molecule has 1 fully saturated rings. The van der Waals surface area contributed by atoms with E-state index >= 15 is 0 Å². The first-order chi connectivity index (χ1) is 7.75. The summed E-state index contributed by atoms with van der Waals surface area (Å²) in [6, 6.07) is 9.79. The van der Waals surface area contributed by atoms with Crippen molar-refractivity contribution in [3.63, 3.8) is 0 Å². The van der Waals surface area contributed by atoms with Crippen molar-refractivity contribution in [3.05, 3.63) is 30.3 Å². The van der Waals surface area contributed by atoms with Crippen LogP contribution in [0.2, 0.25) is 0 Å². The van der Waals surface area contributed by atoms with E-state index in [0.29, 0.717) is 12.4 Å². The van der Waals surface area contributed by atoms with Gasteiger partial charge in [-0.15, -0.1) is 11.8 Å². The van der Waals surface area contributed by atoms with Crippen LogP contribution in [0.4, 0.5) is 4.79 Å². The highest BCUT2D eigenvalue weighted by Gasteiger charge is 2.33. The second kappa shape index (κ2) is 5.23. The van der Waals surface area contributed by atoms with Gasteiger partial charge in [-0.25, -0.2) is 4.79 Å². The molecule has 1 unspecified atom stereocenters. The van der Waals surface area contributed by atoms with Crippen molar-refractivity contribution in [1.29, 1.82) is 0 Å². The molecule has 1 aromatic rings. The van der Waals surface area contributed by atoms with Crippen LogP contribution in [0.15, 0.2) is 35.2 Å². The molecule has 1 aromatic carbocycles. The summed E-state index contributed by atoms with van der Waals surface area (Å²) in [7, 11) is 0. The van der Waals surface area contributed by atoms with E-state index in [0.717, 1.165) is 4.90 Å². The van der Waals surface area contributed by atoms with E-state index in [1.165, 1.54) is 0 Å². The van der Waals surface area contributed by atoms with Gasteiger partial charge >= 0.3 is 6.09 Å². The molecule has 2 atom stereocenters.